The first-order valence-electron chi connectivity index (χ1n) is 7.24. The molecule has 0 bridgehead atoms. The number of fused-ring (bicyclic) bond motifs is 1. The van der Waals surface area contributed by atoms with Crippen LogP contribution in [0.4, 0.5) is 0 Å². The van der Waals surface area contributed by atoms with E-state index in [-0.39, 0.29) is 11.8 Å². The highest BCUT2D eigenvalue weighted by Crippen LogP contribution is 2.26. The van der Waals surface area contributed by atoms with Crippen LogP contribution in [0.1, 0.15) is 31.9 Å². The molecule has 0 saturated heterocycles. The summed E-state index contributed by atoms with van der Waals surface area (Å²) >= 11 is 2.80. The maximum absolute atomic E-state index is 11.6. The molecule has 2 aromatic heterocycles. The summed E-state index contributed by atoms with van der Waals surface area (Å²) in [4.78, 5) is 13.8. The highest BCUT2D eigenvalue weighted by Gasteiger charge is 2.09. The van der Waals surface area contributed by atoms with Gasteiger partial charge in [-0.3, -0.25) is 5.41 Å². The fourth-order valence-electron chi connectivity index (χ4n) is 2.09. The predicted octanol–water partition coefficient (Wildman–Crippen LogP) is 3.82. The molecule has 3 N–H and O–H groups in total. The Labute approximate surface area is 147 Å². The van der Waals surface area contributed by atoms with E-state index in [4.69, 9.17) is 15.9 Å². The molecule has 3 rings (SSSR count). The van der Waals surface area contributed by atoms with Crippen LogP contribution in [0, 0.1) is 17.3 Å². The van der Waals surface area contributed by atoms with Crippen LogP contribution in [0.5, 0.6) is 0 Å². The van der Waals surface area contributed by atoms with E-state index in [0.29, 0.717) is 11.5 Å². The van der Waals surface area contributed by atoms with Crippen LogP contribution in [0.3, 0.4) is 0 Å². The summed E-state index contributed by atoms with van der Waals surface area (Å²) in [6.45, 7) is 2.14. The van der Waals surface area contributed by atoms with Gasteiger partial charge in [0.05, 0.1) is 16.4 Å². The number of benzene rings is 1. The molecule has 0 aliphatic carbocycles. The first-order valence-corrected chi connectivity index (χ1v) is 8.87. The molecule has 0 aliphatic heterocycles. The van der Waals surface area contributed by atoms with Crippen LogP contribution in [-0.2, 0) is 4.74 Å². The van der Waals surface area contributed by atoms with Crippen LogP contribution in [0.25, 0.3) is 10.1 Å². The van der Waals surface area contributed by atoms with Crippen molar-refractivity contribution >= 4 is 44.6 Å². The lowest BCUT2D eigenvalue weighted by Crippen LogP contribution is -2.08. The zero-order chi connectivity index (χ0) is 17.1. The number of carbonyl (C=O) groups excluding carboxylic acids is 1. The van der Waals surface area contributed by atoms with E-state index in [1.54, 1.807) is 13.0 Å². The zero-order valence-electron chi connectivity index (χ0n) is 12.9. The molecule has 0 spiro atoms. The number of nitrogen functional groups attached to an aromatic ring is 1. The van der Waals surface area contributed by atoms with Crippen LogP contribution in [0.2, 0.25) is 0 Å². The maximum atomic E-state index is 11.6. The Morgan fingerprint density at radius 3 is 2.75 bits per heavy atom. The largest absolute Gasteiger partial charge is 0.462 e. The number of esters is 1. The molecular weight excluding hydrogens is 340 g/mol. The first kappa shape index (κ1) is 16.2. The highest BCUT2D eigenvalue weighted by molar-refractivity contribution is 7.20. The summed E-state index contributed by atoms with van der Waals surface area (Å²) in [6.07, 6.45) is 0. The molecule has 1 aromatic carbocycles. The summed E-state index contributed by atoms with van der Waals surface area (Å²) in [7, 11) is 0. The van der Waals surface area contributed by atoms with E-state index in [1.807, 2.05) is 30.3 Å². The molecule has 24 heavy (non-hydrogen) atoms. The van der Waals surface area contributed by atoms with Gasteiger partial charge in [-0.15, -0.1) is 22.7 Å². The molecule has 0 unspecified atom stereocenters. The molecule has 4 nitrogen and oxygen atoms in total. The van der Waals surface area contributed by atoms with Gasteiger partial charge >= 0.3 is 5.97 Å². The van der Waals surface area contributed by atoms with Crippen molar-refractivity contribution in [3.8, 4) is 11.8 Å². The molecule has 6 heteroatoms. The van der Waals surface area contributed by atoms with Crippen LogP contribution < -0.4 is 5.73 Å². The number of ether oxygens (including phenoxy) is 1. The third-order valence-electron chi connectivity index (χ3n) is 3.20. The molecule has 0 atom stereocenters. The minimum absolute atomic E-state index is 0.0777. The van der Waals surface area contributed by atoms with E-state index < -0.39 is 0 Å². The summed E-state index contributed by atoms with van der Waals surface area (Å²) < 4.78 is 6.02. The smallest absolute Gasteiger partial charge is 0.348 e. The molecule has 120 valence electrons. The summed E-state index contributed by atoms with van der Waals surface area (Å²) in [5.74, 6) is 5.94. The first-order chi connectivity index (χ1) is 11.6. The molecule has 0 aliphatic rings. The van der Waals surface area contributed by atoms with Crippen molar-refractivity contribution in [2.24, 2.45) is 5.73 Å². The second kappa shape index (κ2) is 6.87. The molecule has 2 heterocycles. The number of nitrogens with one attached hydrogen (secondary N) is 1. The molecule has 0 saturated carbocycles. The molecular formula is C18H14N2O2S2. The summed E-state index contributed by atoms with van der Waals surface area (Å²) in [6, 6.07) is 11.4. The van der Waals surface area contributed by atoms with Crippen molar-refractivity contribution < 1.29 is 9.53 Å². The van der Waals surface area contributed by atoms with E-state index in [9.17, 15) is 4.79 Å². The molecule has 0 fully saturated rings. The van der Waals surface area contributed by atoms with Gasteiger partial charge in [0.15, 0.2) is 0 Å². The Balaban J connectivity index is 1.84. The van der Waals surface area contributed by atoms with Gasteiger partial charge in [0, 0.05) is 10.3 Å². The van der Waals surface area contributed by atoms with Gasteiger partial charge in [0.25, 0.3) is 0 Å². The van der Waals surface area contributed by atoms with Crippen LogP contribution in [-0.4, -0.2) is 18.4 Å². The fraction of sp³-hybridized carbons (Fsp3) is 0.111. The van der Waals surface area contributed by atoms with Crippen molar-refractivity contribution in [1.29, 1.82) is 5.41 Å². The second-order valence-corrected chi connectivity index (χ2v) is 7.08. The number of rotatable bonds is 3. The standard InChI is InChI=1S/C18H14N2O2S2/c1-2-22-18(21)14-8-7-13(23-14)6-4-11-3-5-12-10-16(17(19)20)24-15(12)9-11/h3,5,7-10H,2H2,1H3,(H3,19,20). The number of nitrogens with two attached hydrogens (primary N) is 1. The summed E-state index contributed by atoms with van der Waals surface area (Å²) in [5.41, 5.74) is 6.41. The van der Waals surface area contributed by atoms with Crippen molar-refractivity contribution in [3.63, 3.8) is 0 Å². The Kier molecular flexibility index (Phi) is 4.65. The van der Waals surface area contributed by atoms with Gasteiger partial charge in [-0.1, -0.05) is 17.9 Å². The van der Waals surface area contributed by atoms with Gasteiger partial charge in [-0.2, -0.15) is 0 Å². The fourth-order valence-corrected chi connectivity index (χ4v) is 3.81. The quantitative estimate of drug-likeness (QED) is 0.325. The average molecular weight is 354 g/mol. The van der Waals surface area contributed by atoms with Gasteiger partial charge < -0.3 is 10.5 Å². The number of amidine groups is 1. The Hall–Kier alpha value is -2.62. The van der Waals surface area contributed by atoms with Crippen LogP contribution >= 0.6 is 22.7 Å². The highest BCUT2D eigenvalue weighted by atomic mass is 32.1. The number of carbonyl (C=O) groups is 1. The van der Waals surface area contributed by atoms with Crippen molar-refractivity contribution in [1.82, 2.24) is 0 Å². The van der Waals surface area contributed by atoms with Crippen molar-refractivity contribution in [2.45, 2.75) is 6.92 Å². The van der Waals surface area contributed by atoms with Gasteiger partial charge in [0.2, 0.25) is 0 Å². The monoisotopic (exact) mass is 354 g/mol. The van der Waals surface area contributed by atoms with Crippen molar-refractivity contribution in [2.75, 3.05) is 6.61 Å². The lowest BCUT2D eigenvalue weighted by atomic mass is 10.2. The van der Waals surface area contributed by atoms with E-state index in [0.717, 1.165) is 25.4 Å². The van der Waals surface area contributed by atoms with Gasteiger partial charge in [-0.25, -0.2) is 4.79 Å². The minimum Gasteiger partial charge on any atom is -0.462 e. The van der Waals surface area contributed by atoms with Crippen LogP contribution in [0.15, 0.2) is 36.4 Å². The zero-order valence-corrected chi connectivity index (χ0v) is 14.5. The molecule has 0 amide bonds. The number of hydrogen-bond acceptors (Lipinski definition) is 5. The Morgan fingerprint density at radius 1 is 1.17 bits per heavy atom. The Morgan fingerprint density at radius 2 is 2.00 bits per heavy atom. The number of thiophene rings is 2. The average Bonchev–Trinajstić information content (AvgIpc) is 3.19. The van der Waals surface area contributed by atoms with Gasteiger partial charge in [-0.05, 0) is 42.6 Å². The SMILES string of the molecule is CCOC(=O)c1ccc(C#Cc2ccc3cc(C(=N)N)sc3c2)s1. The molecule has 3 aromatic rings. The van der Waals surface area contributed by atoms with Gasteiger partial charge in [0.1, 0.15) is 10.7 Å². The lowest BCUT2D eigenvalue weighted by molar-refractivity contribution is 0.0532. The van der Waals surface area contributed by atoms with E-state index >= 15 is 0 Å². The van der Waals surface area contributed by atoms with E-state index in [1.165, 1.54) is 22.7 Å². The van der Waals surface area contributed by atoms with E-state index in [2.05, 4.69) is 11.8 Å². The maximum Gasteiger partial charge on any atom is 0.348 e. The minimum atomic E-state index is -0.313. The summed E-state index contributed by atoms with van der Waals surface area (Å²) in [5, 5.41) is 8.56. The molecule has 0 radical (unpaired) electrons. The second-order valence-electron chi connectivity index (χ2n) is 4.91. The van der Waals surface area contributed by atoms with Crippen molar-refractivity contribution in [3.05, 3.63) is 56.6 Å². The Bertz CT molecular complexity index is 989. The number of hydrogen-bond donors (Lipinski definition) is 2. The topological polar surface area (TPSA) is 76.2 Å². The predicted molar refractivity (Wildman–Crippen MR) is 99.1 cm³/mol. The lowest BCUT2D eigenvalue weighted by Gasteiger charge is -1.95. The normalized spacial score (nSPS) is 10.2. The third kappa shape index (κ3) is 3.48. The third-order valence-corrected chi connectivity index (χ3v) is 5.31.